The molecule has 0 atom stereocenters. The number of phenols is 1. The van der Waals surface area contributed by atoms with E-state index in [1.807, 2.05) is 39.0 Å². The second kappa shape index (κ2) is 8.58. The molecule has 0 amide bonds. The Morgan fingerprint density at radius 2 is 1.76 bits per heavy atom. The normalized spacial score (nSPS) is 11.8. The Hall–Kier alpha value is -2.47. The maximum atomic E-state index is 10.1. The van der Waals surface area contributed by atoms with E-state index in [2.05, 4.69) is 34.3 Å². The lowest BCUT2D eigenvalue weighted by atomic mass is 10.1. The molecule has 0 fully saturated rings. The Morgan fingerprint density at radius 3 is 2.36 bits per heavy atom. The van der Waals surface area contributed by atoms with E-state index in [4.69, 9.17) is 0 Å². The summed E-state index contributed by atoms with van der Waals surface area (Å²) in [4.78, 5) is 10.1. The number of aromatic nitrogens is 2. The van der Waals surface area contributed by atoms with Gasteiger partial charge in [0.15, 0.2) is 0 Å². The average molecular weight is 342 g/mol. The molecule has 0 aliphatic rings. The fourth-order valence-electron chi connectivity index (χ4n) is 2.70. The van der Waals surface area contributed by atoms with E-state index in [0.717, 1.165) is 47.9 Å². The number of phenolic OH excluding ortho intramolecular Hbond substituents is 1. The zero-order valence-electron chi connectivity index (χ0n) is 15.7. The molecule has 2 aromatic rings. The third kappa shape index (κ3) is 5.26. The van der Waals surface area contributed by atoms with Crippen LogP contribution in [0.2, 0.25) is 0 Å². The van der Waals surface area contributed by atoms with Gasteiger partial charge in [0.1, 0.15) is 12.3 Å². The van der Waals surface area contributed by atoms with Gasteiger partial charge in [-0.2, -0.15) is 5.10 Å². The van der Waals surface area contributed by atoms with Crippen molar-refractivity contribution in [3.8, 4) is 5.75 Å². The highest BCUT2D eigenvalue weighted by Crippen LogP contribution is 2.18. The lowest BCUT2D eigenvalue weighted by molar-refractivity contribution is -0.910. The van der Waals surface area contributed by atoms with E-state index in [0.29, 0.717) is 11.7 Å². The molecule has 25 heavy (non-hydrogen) atoms. The summed E-state index contributed by atoms with van der Waals surface area (Å²) in [6, 6.07) is 7.53. The zero-order chi connectivity index (χ0) is 18.4. The van der Waals surface area contributed by atoms with Gasteiger partial charge in [-0.15, -0.1) is 0 Å². The first-order valence-corrected chi connectivity index (χ1v) is 8.71. The number of rotatable bonds is 7. The fraction of sp³-hybridized carbons (Fsp3) is 0.421. The Morgan fingerprint density at radius 1 is 1.12 bits per heavy atom. The SMILES string of the molecule is CC[NH+](CC)Cc1cc(/C(C)=N/Nc2nc(C)cc(C)n2)ccc1O. The first-order chi connectivity index (χ1) is 11.9. The molecule has 0 radical (unpaired) electrons. The van der Waals surface area contributed by atoms with E-state index in [1.165, 1.54) is 4.90 Å². The highest BCUT2D eigenvalue weighted by Gasteiger charge is 2.11. The predicted octanol–water partition coefficient (Wildman–Crippen LogP) is 2.06. The quantitative estimate of drug-likeness (QED) is 0.532. The van der Waals surface area contributed by atoms with Crippen molar-refractivity contribution in [1.29, 1.82) is 0 Å². The smallest absolute Gasteiger partial charge is 0.243 e. The van der Waals surface area contributed by atoms with Crippen LogP contribution in [-0.4, -0.2) is 33.9 Å². The number of hydrogen-bond donors (Lipinski definition) is 3. The molecule has 0 spiro atoms. The molecule has 0 aliphatic carbocycles. The molecule has 0 saturated carbocycles. The van der Waals surface area contributed by atoms with Crippen molar-refractivity contribution in [2.24, 2.45) is 5.10 Å². The molecule has 0 aliphatic heterocycles. The summed E-state index contributed by atoms with van der Waals surface area (Å²) in [5, 5.41) is 14.5. The second-order valence-electron chi connectivity index (χ2n) is 6.26. The topological polar surface area (TPSA) is 74.8 Å². The molecule has 134 valence electrons. The summed E-state index contributed by atoms with van der Waals surface area (Å²) >= 11 is 0. The van der Waals surface area contributed by atoms with E-state index in [9.17, 15) is 5.11 Å². The summed E-state index contributed by atoms with van der Waals surface area (Å²) in [5.41, 5.74) is 7.44. The van der Waals surface area contributed by atoms with Crippen molar-refractivity contribution in [3.05, 3.63) is 46.8 Å². The van der Waals surface area contributed by atoms with Crippen LogP contribution in [0.4, 0.5) is 5.95 Å². The maximum Gasteiger partial charge on any atom is 0.243 e. The van der Waals surface area contributed by atoms with E-state index >= 15 is 0 Å². The molecule has 0 bridgehead atoms. The van der Waals surface area contributed by atoms with Crippen molar-refractivity contribution < 1.29 is 10.0 Å². The summed E-state index contributed by atoms with van der Waals surface area (Å²) in [6.45, 7) is 12.9. The average Bonchev–Trinajstić information content (AvgIpc) is 2.58. The fourth-order valence-corrected chi connectivity index (χ4v) is 2.70. The Kier molecular flexibility index (Phi) is 6.47. The lowest BCUT2D eigenvalue weighted by Crippen LogP contribution is -3.10. The maximum absolute atomic E-state index is 10.1. The van der Waals surface area contributed by atoms with Crippen LogP contribution in [0.3, 0.4) is 0 Å². The number of anilines is 1. The lowest BCUT2D eigenvalue weighted by Gasteiger charge is -2.16. The molecule has 3 N–H and O–H groups in total. The molecule has 6 heteroatoms. The van der Waals surface area contributed by atoms with E-state index < -0.39 is 0 Å². The van der Waals surface area contributed by atoms with Gasteiger partial charge in [0.05, 0.1) is 18.8 Å². The van der Waals surface area contributed by atoms with Crippen LogP contribution in [0, 0.1) is 13.8 Å². The molecule has 1 aromatic carbocycles. The van der Waals surface area contributed by atoms with Gasteiger partial charge in [-0.3, -0.25) is 0 Å². The minimum atomic E-state index is 0.335. The second-order valence-corrected chi connectivity index (χ2v) is 6.26. The monoisotopic (exact) mass is 342 g/mol. The van der Waals surface area contributed by atoms with Crippen LogP contribution in [0.15, 0.2) is 29.4 Å². The molecule has 1 heterocycles. The first-order valence-electron chi connectivity index (χ1n) is 8.71. The molecule has 6 nitrogen and oxygen atoms in total. The molecular formula is C19H28N5O+. The van der Waals surface area contributed by atoms with Gasteiger partial charge in [-0.25, -0.2) is 15.4 Å². The number of aromatic hydroxyl groups is 1. The van der Waals surface area contributed by atoms with Crippen molar-refractivity contribution in [1.82, 2.24) is 9.97 Å². The van der Waals surface area contributed by atoms with Gasteiger partial charge in [0.25, 0.3) is 0 Å². The zero-order valence-corrected chi connectivity index (χ0v) is 15.7. The van der Waals surface area contributed by atoms with Crippen LogP contribution in [-0.2, 0) is 6.54 Å². The number of nitrogens with zero attached hydrogens (tertiary/aromatic N) is 3. The van der Waals surface area contributed by atoms with Crippen molar-refractivity contribution in [3.63, 3.8) is 0 Å². The standard InChI is InChI=1S/C19H27N5O/c1-6-24(7-2)12-17-11-16(8-9-18(17)25)15(5)22-23-19-20-13(3)10-14(4)21-19/h8-11,25H,6-7,12H2,1-5H3,(H,20,21,23)/p+1/b22-15+. The number of aryl methyl sites for hydroxylation is 2. The summed E-state index contributed by atoms with van der Waals surface area (Å²) in [5.74, 6) is 0.824. The third-order valence-corrected chi connectivity index (χ3v) is 4.24. The van der Waals surface area contributed by atoms with Crippen molar-refractivity contribution >= 4 is 11.7 Å². The Labute approximate surface area is 149 Å². The molecule has 1 aromatic heterocycles. The first kappa shape index (κ1) is 18.9. The van der Waals surface area contributed by atoms with Crippen LogP contribution in [0.5, 0.6) is 5.75 Å². The van der Waals surface area contributed by atoms with Crippen molar-refractivity contribution in [2.45, 2.75) is 41.2 Å². The van der Waals surface area contributed by atoms with Gasteiger partial charge in [0.2, 0.25) is 5.95 Å². The third-order valence-electron chi connectivity index (χ3n) is 4.24. The van der Waals surface area contributed by atoms with Gasteiger partial charge in [-0.1, -0.05) is 0 Å². The number of quaternary nitrogens is 1. The number of benzene rings is 1. The van der Waals surface area contributed by atoms with Crippen LogP contribution >= 0.6 is 0 Å². The minimum absolute atomic E-state index is 0.335. The number of hydrazone groups is 1. The van der Waals surface area contributed by atoms with Gasteiger partial charge >= 0.3 is 0 Å². The van der Waals surface area contributed by atoms with Gasteiger partial charge in [-0.05, 0) is 64.4 Å². The van der Waals surface area contributed by atoms with E-state index in [1.54, 1.807) is 6.07 Å². The minimum Gasteiger partial charge on any atom is -0.507 e. The predicted molar refractivity (Wildman–Crippen MR) is 101 cm³/mol. The van der Waals surface area contributed by atoms with Gasteiger partial charge < -0.3 is 10.0 Å². The van der Waals surface area contributed by atoms with Crippen LogP contribution < -0.4 is 10.3 Å². The highest BCUT2D eigenvalue weighted by atomic mass is 16.3. The summed E-state index contributed by atoms with van der Waals surface area (Å²) in [6.07, 6.45) is 0. The van der Waals surface area contributed by atoms with Crippen LogP contribution in [0.25, 0.3) is 0 Å². The molecular weight excluding hydrogens is 314 g/mol. The van der Waals surface area contributed by atoms with Crippen LogP contribution in [0.1, 0.15) is 43.3 Å². The number of nitrogens with one attached hydrogen (secondary N) is 2. The molecule has 2 rings (SSSR count). The Bertz CT molecular complexity index is 733. The van der Waals surface area contributed by atoms with Crippen molar-refractivity contribution in [2.75, 3.05) is 18.5 Å². The van der Waals surface area contributed by atoms with E-state index in [-0.39, 0.29) is 0 Å². The summed E-state index contributed by atoms with van der Waals surface area (Å²) < 4.78 is 0. The molecule has 0 saturated heterocycles. The largest absolute Gasteiger partial charge is 0.507 e. The molecule has 0 unspecified atom stereocenters. The summed E-state index contributed by atoms with van der Waals surface area (Å²) in [7, 11) is 0. The highest BCUT2D eigenvalue weighted by molar-refractivity contribution is 5.99. The number of hydrogen-bond acceptors (Lipinski definition) is 5. The van der Waals surface area contributed by atoms with Gasteiger partial charge in [0, 0.05) is 17.0 Å². The Balaban J connectivity index is 2.19.